The Kier molecular flexibility index (Phi) is 3.19. The van der Waals surface area contributed by atoms with Gasteiger partial charge in [0.2, 0.25) is 0 Å². The fourth-order valence-electron chi connectivity index (χ4n) is 1.45. The standard InChI is InChI=1S/C10H14N2O2/c1-3-9(11)8-6-4-5-7(2)10(8)12(13)14/h4-6,9H,3,11H2,1-2H3/t9-/m0/s1. The van der Waals surface area contributed by atoms with Crippen molar-refractivity contribution in [2.24, 2.45) is 5.73 Å². The molecular formula is C10H14N2O2. The fraction of sp³-hybridized carbons (Fsp3) is 0.400. The van der Waals surface area contributed by atoms with Crippen LogP contribution < -0.4 is 5.73 Å². The first kappa shape index (κ1) is 10.7. The number of nitro benzene ring substituents is 1. The van der Waals surface area contributed by atoms with Crippen molar-refractivity contribution in [3.8, 4) is 0 Å². The lowest BCUT2D eigenvalue weighted by Crippen LogP contribution is -2.11. The molecule has 0 saturated heterocycles. The van der Waals surface area contributed by atoms with Crippen molar-refractivity contribution in [2.45, 2.75) is 26.3 Å². The highest BCUT2D eigenvalue weighted by Crippen LogP contribution is 2.28. The van der Waals surface area contributed by atoms with Crippen LogP contribution in [0.2, 0.25) is 0 Å². The minimum absolute atomic E-state index is 0.154. The number of aryl methyl sites for hydroxylation is 1. The molecule has 0 unspecified atom stereocenters. The van der Waals surface area contributed by atoms with Gasteiger partial charge in [-0.2, -0.15) is 0 Å². The summed E-state index contributed by atoms with van der Waals surface area (Å²) in [5.74, 6) is 0. The second-order valence-corrected chi connectivity index (χ2v) is 3.28. The zero-order valence-electron chi connectivity index (χ0n) is 8.36. The average molecular weight is 194 g/mol. The van der Waals surface area contributed by atoms with Gasteiger partial charge in [-0.3, -0.25) is 10.1 Å². The highest BCUT2D eigenvalue weighted by atomic mass is 16.6. The van der Waals surface area contributed by atoms with Crippen LogP contribution in [-0.2, 0) is 0 Å². The Morgan fingerprint density at radius 3 is 2.71 bits per heavy atom. The van der Waals surface area contributed by atoms with Gasteiger partial charge >= 0.3 is 0 Å². The summed E-state index contributed by atoms with van der Waals surface area (Å²) >= 11 is 0. The van der Waals surface area contributed by atoms with Crippen LogP contribution in [0.15, 0.2) is 18.2 Å². The van der Waals surface area contributed by atoms with Crippen LogP contribution in [0.25, 0.3) is 0 Å². The summed E-state index contributed by atoms with van der Waals surface area (Å²) in [6.45, 7) is 3.64. The van der Waals surface area contributed by atoms with E-state index in [1.165, 1.54) is 0 Å². The molecule has 0 aliphatic heterocycles. The minimum Gasteiger partial charge on any atom is -0.324 e. The number of nitrogens with zero attached hydrogens (tertiary/aromatic N) is 1. The van der Waals surface area contributed by atoms with Crippen molar-refractivity contribution in [3.05, 3.63) is 39.4 Å². The van der Waals surface area contributed by atoms with Gasteiger partial charge in [0.25, 0.3) is 5.69 Å². The van der Waals surface area contributed by atoms with Crippen LogP contribution in [0.1, 0.15) is 30.5 Å². The predicted molar refractivity (Wildman–Crippen MR) is 55.1 cm³/mol. The maximum Gasteiger partial charge on any atom is 0.277 e. The van der Waals surface area contributed by atoms with E-state index in [2.05, 4.69) is 0 Å². The molecule has 0 heterocycles. The van der Waals surface area contributed by atoms with E-state index in [9.17, 15) is 10.1 Å². The summed E-state index contributed by atoms with van der Waals surface area (Å²) in [7, 11) is 0. The van der Waals surface area contributed by atoms with E-state index < -0.39 is 0 Å². The molecule has 0 aromatic heterocycles. The molecule has 0 fully saturated rings. The summed E-state index contributed by atoms with van der Waals surface area (Å²) in [6, 6.07) is 4.99. The molecule has 4 nitrogen and oxygen atoms in total. The Balaban J connectivity index is 3.28. The van der Waals surface area contributed by atoms with Gasteiger partial charge in [0.05, 0.1) is 4.92 Å². The van der Waals surface area contributed by atoms with Gasteiger partial charge in [-0.25, -0.2) is 0 Å². The third-order valence-electron chi connectivity index (χ3n) is 2.29. The van der Waals surface area contributed by atoms with Crippen LogP contribution >= 0.6 is 0 Å². The van der Waals surface area contributed by atoms with Crippen LogP contribution in [-0.4, -0.2) is 4.92 Å². The van der Waals surface area contributed by atoms with Crippen LogP contribution in [0.3, 0.4) is 0 Å². The molecule has 0 aliphatic carbocycles. The van der Waals surface area contributed by atoms with Gasteiger partial charge in [0.15, 0.2) is 0 Å². The SMILES string of the molecule is CC[C@H](N)c1cccc(C)c1[N+](=O)[O-]. The molecule has 1 aromatic carbocycles. The van der Waals surface area contributed by atoms with Gasteiger partial charge in [-0.1, -0.05) is 25.1 Å². The number of nitrogens with two attached hydrogens (primary N) is 1. The number of rotatable bonds is 3. The first-order chi connectivity index (χ1) is 6.57. The van der Waals surface area contributed by atoms with Gasteiger partial charge in [-0.15, -0.1) is 0 Å². The lowest BCUT2D eigenvalue weighted by molar-refractivity contribution is -0.386. The third kappa shape index (κ3) is 1.90. The van der Waals surface area contributed by atoms with Crippen LogP contribution in [0.5, 0.6) is 0 Å². The highest BCUT2D eigenvalue weighted by Gasteiger charge is 2.20. The number of hydrogen-bond donors (Lipinski definition) is 1. The van der Waals surface area contributed by atoms with E-state index in [0.717, 1.165) is 0 Å². The molecule has 0 spiro atoms. The molecule has 1 atom stereocenters. The van der Waals surface area contributed by atoms with E-state index in [1.807, 2.05) is 6.92 Å². The topological polar surface area (TPSA) is 69.2 Å². The largest absolute Gasteiger partial charge is 0.324 e. The van der Waals surface area contributed by atoms with Crippen molar-refractivity contribution in [1.29, 1.82) is 0 Å². The molecule has 0 bridgehead atoms. The molecular weight excluding hydrogens is 180 g/mol. The maximum atomic E-state index is 10.8. The van der Waals surface area contributed by atoms with Gasteiger partial charge in [0, 0.05) is 17.2 Å². The van der Waals surface area contributed by atoms with Gasteiger partial charge < -0.3 is 5.73 Å². The Hall–Kier alpha value is -1.42. The number of nitro groups is 1. The zero-order valence-corrected chi connectivity index (χ0v) is 8.36. The number of benzene rings is 1. The Morgan fingerprint density at radius 2 is 2.21 bits per heavy atom. The van der Waals surface area contributed by atoms with Crippen molar-refractivity contribution in [1.82, 2.24) is 0 Å². The van der Waals surface area contributed by atoms with Gasteiger partial charge in [0.1, 0.15) is 0 Å². The quantitative estimate of drug-likeness (QED) is 0.593. The molecule has 76 valence electrons. The average Bonchev–Trinajstić information content (AvgIpc) is 2.15. The van der Waals surface area contributed by atoms with Crippen molar-refractivity contribution in [2.75, 3.05) is 0 Å². The molecule has 1 aromatic rings. The Labute approximate surface area is 82.9 Å². The summed E-state index contributed by atoms with van der Waals surface area (Å²) in [5.41, 5.74) is 7.24. The summed E-state index contributed by atoms with van der Waals surface area (Å²) in [4.78, 5) is 10.5. The van der Waals surface area contributed by atoms with Crippen molar-refractivity contribution in [3.63, 3.8) is 0 Å². The van der Waals surface area contributed by atoms with E-state index in [0.29, 0.717) is 17.5 Å². The molecule has 1 rings (SSSR count). The van der Waals surface area contributed by atoms with Crippen LogP contribution in [0, 0.1) is 17.0 Å². The minimum atomic E-state index is -0.361. The first-order valence-electron chi connectivity index (χ1n) is 4.57. The number of para-hydroxylation sites is 1. The second kappa shape index (κ2) is 4.19. The second-order valence-electron chi connectivity index (χ2n) is 3.28. The van der Waals surface area contributed by atoms with Crippen molar-refractivity contribution >= 4 is 5.69 Å². The number of hydrogen-bond acceptors (Lipinski definition) is 3. The van der Waals surface area contributed by atoms with E-state index in [1.54, 1.807) is 25.1 Å². The van der Waals surface area contributed by atoms with E-state index in [-0.39, 0.29) is 16.7 Å². The molecule has 14 heavy (non-hydrogen) atoms. The van der Waals surface area contributed by atoms with E-state index >= 15 is 0 Å². The maximum absolute atomic E-state index is 10.8. The monoisotopic (exact) mass is 194 g/mol. The molecule has 4 heteroatoms. The third-order valence-corrected chi connectivity index (χ3v) is 2.29. The summed E-state index contributed by atoms with van der Waals surface area (Å²) < 4.78 is 0. The molecule has 0 aliphatic rings. The normalized spacial score (nSPS) is 12.5. The fourth-order valence-corrected chi connectivity index (χ4v) is 1.45. The molecule has 0 radical (unpaired) electrons. The van der Waals surface area contributed by atoms with Gasteiger partial charge in [-0.05, 0) is 13.3 Å². The molecule has 2 N–H and O–H groups in total. The predicted octanol–water partition coefficient (Wildman–Crippen LogP) is 2.31. The molecule has 0 amide bonds. The van der Waals surface area contributed by atoms with E-state index in [4.69, 9.17) is 5.73 Å². The lowest BCUT2D eigenvalue weighted by Gasteiger charge is -2.10. The smallest absolute Gasteiger partial charge is 0.277 e. The zero-order chi connectivity index (χ0) is 10.7. The summed E-state index contributed by atoms with van der Waals surface area (Å²) in [5, 5.41) is 10.8. The lowest BCUT2D eigenvalue weighted by atomic mass is 10.0. The van der Waals surface area contributed by atoms with Crippen molar-refractivity contribution < 1.29 is 4.92 Å². The first-order valence-corrected chi connectivity index (χ1v) is 4.57. The highest BCUT2D eigenvalue weighted by molar-refractivity contribution is 5.48. The molecule has 0 saturated carbocycles. The van der Waals surface area contributed by atoms with Crippen LogP contribution in [0.4, 0.5) is 5.69 Å². The Morgan fingerprint density at radius 1 is 1.57 bits per heavy atom. The summed E-state index contributed by atoms with van der Waals surface area (Å²) in [6.07, 6.45) is 0.699. The Bertz CT molecular complexity index is 350.